The van der Waals surface area contributed by atoms with Crippen LogP contribution in [-0.4, -0.2) is 42.7 Å². The minimum atomic E-state index is -0.906. The molecule has 0 unspecified atom stereocenters. The molecule has 0 radical (unpaired) electrons. The fourth-order valence-electron chi connectivity index (χ4n) is 3.38. The predicted molar refractivity (Wildman–Crippen MR) is 109 cm³/mol. The highest BCUT2D eigenvalue weighted by Crippen LogP contribution is 2.34. The third kappa shape index (κ3) is 5.70. The number of piperazine rings is 1. The summed E-state index contributed by atoms with van der Waals surface area (Å²) in [6.45, 7) is 5.40. The molecular formula is C20H28Cl2N2O. The van der Waals surface area contributed by atoms with Crippen molar-refractivity contribution in [2.24, 2.45) is 0 Å². The van der Waals surface area contributed by atoms with Crippen LogP contribution in [0, 0.1) is 0 Å². The van der Waals surface area contributed by atoms with E-state index in [0.29, 0.717) is 0 Å². The van der Waals surface area contributed by atoms with Crippen LogP contribution in [0.4, 0.5) is 0 Å². The quantitative estimate of drug-likeness (QED) is 0.802. The molecule has 2 aromatic rings. The van der Waals surface area contributed by atoms with E-state index in [1.807, 2.05) is 60.7 Å². The zero-order chi connectivity index (χ0) is 16.0. The van der Waals surface area contributed by atoms with Gasteiger partial charge in [0.25, 0.3) is 0 Å². The molecule has 138 valence electrons. The normalized spacial score (nSPS) is 15.1. The molecule has 0 amide bonds. The molecule has 1 saturated heterocycles. The Morgan fingerprint density at radius 3 is 1.80 bits per heavy atom. The lowest BCUT2D eigenvalue weighted by Gasteiger charge is -2.32. The molecule has 0 spiro atoms. The van der Waals surface area contributed by atoms with E-state index in [0.717, 1.165) is 56.7 Å². The summed E-state index contributed by atoms with van der Waals surface area (Å²) in [5.41, 5.74) is 1.05. The van der Waals surface area contributed by atoms with Crippen LogP contribution in [0.3, 0.4) is 0 Å². The topological polar surface area (TPSA) is 35.5 Å². The van der Waals surface area contributed by atoms with E-state index in [1.54, 1.807) is 0 Å². The molecule has 3 rings (SSSR count). The Morgan fingerprint density at radius 1 is 0.840 bits per heavy atom. The second-order valence-electron chi connectivity index (χ2n) is 6.29. The van der Waals surface area contributed by atoms with Gasteiger partial charge in [0.05, 0.1) is 0 Å². The summed E-state index contributed by atoms with van der Waals surface area (Å²) < 4.78 is 0. The van der Waals surface area contributed by atoms with Gasteiger partial charge in [-0.3, -0.25) is 0 Å². The average Bonchev–Trinajstić information content (AvgIpc) is 2.64. The predicted octanol–water partition coefficient (Wildman–Crippen LogP) is 3.45. The van der Waals surface area contributed by atoms with E-state index in [-0.39, 0.29) is 24.8 Å². The third-order valence-corrected chi connectivity index (χ3v) is 4.73. The molecule has 2 aromatic carbocycles. The highest BCUT2D eigenvalue weighted by Gasteiger charge is 2.30. The van der Waals surface area contributed by atoms with Crippen molar-refractivity contribution < 1.29 is 5.11 Å². The maximum absolute atomic E-state index is 11.5. The van der Waals surface area contributed by atoms with Crippen LogP contribution in [0.1, 0.15) is 24.0 Å². The first-order chi connectivity index (χ1) is 11.3. The first-order valence-electron chi connectivity index (χ1n) is 8.55. The van der Waals surface area contributed by atoms with Gasteiger partial charge in [0, 0.05) is 26.2 Å². The molecule has 0 bridgehead atoms. The lowest BCUT2D eigenvalue weighted by Crippen LogP contribution is -2.44. The van der Waals surface area contributed by atoms with Crippen molar-refractivity contribution in [3.63, 3.8) is 0 Å². The Bertz CT molecular complexity index is 550. The summed E-state index contributed by atoms with van der Waals surface area (Å²) in [6, 6.07) is 20.1. The van der Waals surface area contributed by atoms with E-state index in [2.05, 4.69) is 10.2 Å². The summed E-state index contributed by atoms with van der Waals surface area (Å²) in [5.74, 6) is 0. The summed E-state index contributed by atoms with van der Waals surface area (Å²) in [4.78, 5) is 2.48. The van der Waals surface area contributed by atoms with Crippen LogP contribution in [0.2, 0.25) is 0 Å². The zero-order valence-corrected chi connectivity index (χ0v) is 16.1. The number of rotatable bonds is 6. The minimum Gasteiger partial charge on any atom is -0.380 e. The van der Waals surface area contributed by atoms with Gasteiger partial charge in [-0.15, -0.1) is 24.8 Å². The molecule has 1 aliphatic heterocycles. The monoisotopic (exact) mass is 382 g/mol. The molecular weight excluding hydrogens is 355 g/mol. The van der Waals surface area contributed by atoms with Gasteiger partial charge in [-0.25, -0.2) is 0 Å². The van der Waals surface area contributed by atoms with E-state index < -0.39 is 5.60 Å². The lowest BCUT2D eigenvalue weighted by atomic mass is 9.82. The molecule has 0 aromatic heterocycles. The highest BCUT2D eigenvalue weighted by atomic mass is 35.5. The van der Waals surface area contributed by atoms with Gasteiger partial charge >= 0.3 is 0 Å². The van der Waals surface area contributed by atoms with Crippen molar-refractivity contribution >= 4 is 24.8 Å². The van der Waals surface area contributed by atoms with Crippen LogP contribution in [-0.2, 0) is 5.60 Å². The molecule has 0 aliphatic carbocycles. The second kappa shape index (κ2) is 10.8. The maximum atomic E-state index is 11.5. The van der Waals surface area contributed by atoms with Crippen LogP contribution in [0.25, 0.3) is 0 Å². The molecule has 0 saturated carbocycles. The van der Waals surface area contributed by atoms with Gasteiger partial charge in [0.15, 0.2) is 0 Å². The number of nitrogens with one attached hydrogen (secondary N) is 1. The first-order valence-corrected chi connectivity index (χ1v) is 8.55. The fraction of sp³-hybridized carbons (Fsp3) is 0.400. The lowest BCUT2D eigenvalue weighted by molar-refractivity contribution is 0.0642. The van der Waals surface area contributed by atoms with Crippen LogP contribution in [0.5, 0.6) is 0 Å². The van der Waals surface area contributed by atoms with Gasteiger partial charge in [-0.1, -0.05) is 60.7 Å². The van der Waals surface area contributed by atoms with E-state index in [4.69, 9.17) is 0 Å². The number of hydrogen-bond acceptors (Lipinski definition) is 3. The number of hydrogen-bond donors (Lipinski definition) is 2. The Labute approximate surface area is 163 Å². The number of nitrogens with zero attached hydrogens (tertiary/aromatic N) is 1. The van der Waals surface area contributed by atoms with Crippen molar-refractivity contribution in [2.45, 2.75) is 18.4 Å². The second-order valence-corrected chi connectivity index (χ2v) is 6.29. The van der Waals surface area contributed by atoms with E-state index in [1.165, 1.54) is 0 Å². The molecule has 1 fully saturated rings. The van der Waals surface area contributed by atoms with Crippen molar-refractivity contribution in [3.8, 4) is 0 Å². The largest absolute Gasteiger partial charge is 0.380 e. The van der Waals surface area contributed by atoms with E-state index >= 15 is 0 Å². The molecule has 2 N–H and O–H groups in total. The van der Waals surface area contributed by atoms with Crippen molar-refractivity contribution in [1.29, 1.82) is 0 Å². The van der Waals surface area contributed by atoms with Gasteiger partial charge in [0.2, 0.25) is 0 Å². The molecule has 25 heavy (non-hydrogen) atoms. The molecule has 1 aliphatic rings. The smallest absolute Gasteiger partial charge is 0.115 e. The van der Waals surface area contributed by atoms with Crippen molar-refractivity contribution in [1.82, 2.24) is 10.2 Å². The van der Waals surface area contributed by atoms with Crippen LogP contribution < -0.4 is 5.32 Å². The minimum absolute atomic E-state index is 0. The van der Waals surface area contributed by atoms with Gasteiger partial charge < -0.3 is 15.3 Å². The average molecular weight is 383 g/mol. The summed E-state index contributed by atoms with van der Waals surface area (Å²) in [6.07, 6.45) is 1.73. The summed E-state index contributed by atoms with van der Waals surface area (Å²) in [7, 11) is 0. The van der Waals surface area contributed by atoms with Gasteiger partial charge in [-0.05, 0) is 30.5 Å². The fourth-order valence-corrected chi connectivity index (χ4v) is 3.38. The molecule has 0 atom stereocenters. The van der Waals surface area contributed by atoms with Crippen LogP contribution in [0.15, 0.2) is 60.7 Å². The highest BCUT2D eigenvalue weighted by molar-refractivity contribution is 5.85. The number of benzene rings is 2. The number of halogens is 2. The zero-order valence-electron chi connectivity index (χ0n) is 14.4. The molecule has 5 heteroatoms. The summed E-state index contributed by atoms with van der Waals surface area (Å²) in [5, 5.41) is 14.8. The Balaban J connectivity index is 0.00000156. The Kier molecular flexibility index (Phi) is 9.47. The van der Waals surface area contributed by atoms with Crippen LogP contribution >= 0.6 is 24.8 Å². The summed E-state index contributed by atoms with van der Waals surface area (Å²) >= 11 is 0. The SMILES string of the molecule is Cl.Cl.OC(CCCN1CCNCC1)(c1ccccc1)c1ccccc1. The third-order valence-electron chi connectivity index (χ3n) is 4.73. The van der Waals surface area contributed by atoms with Gasteiger partial charge in [0.1, 0.15) is 5.60 Å². The Morgan fingerprint density at radius 2 is 1.32 bits per heavy atom. The molecule has 3 nitrogen and oxygen atoms in total. The Hall–Kier alpha value is -1.10. The molecule has 1 heterocycles. The van der Waals surface area contributed by atoms with Gasteiger partial charge in [-0.2, -0.15) is 0 Å². The van der Waals surface area contributed by atoms with Crippen molar-refractivity contribution in [2.75, 3.05) is 32.7 Å². The van der Waals surface area contributed by atoms with E-state index in [9.17, 15) is 5.11 Å². The maximum Gasteiger partial charge on any atom is 0.115 e. The standard InChI is InChI=1S/C20H26N2O.2ClH/c23-20(18-8-3-1-4-9-18,19-10-5-2-6-11-19)12-7-15-22-16-13-21-14-17-22;;/h1-6,8-11,21,23H,7,12-17H2;2*1H. The number of aliphatic hydroxyl groups is 1. The van der Waals surface area contributed by atoms with Crippen molar-refractivity contribution in [3.05, 3.63) is 71.8 Å². The first kappa shape index (κ1) is 21.9.